The Labute approximate surface area is 133 Å². The number of aliphatic carboxylic acids is 1. The minimum absolute atomic E-state index is 0.0182. The Balaban J connectivity index is 1.47. The molecule has 0 aromatic heterocycles. The average Bonchev–Trinajstić information content (AvgIpc) is 3.20. The normalized spacial score (nSPS) is 22.4. The molecule has 1 amide bonds. The van der Waals surface area contributed by atoms with E-state index in [9.17, 15) is 9.59 Å². The van der Waals surface area contributed by atoms with E-state index in [1.54, 1.807) is 29.2 Å². The molecule has 2 fully saturated rings. The van der Waals surface area contributed by atoms with Gasteiger partial charge in [-0.25, -0.2) is 0 Å². The summed E-state index contributed by atoms with van der Waals surface area (Å²) in [6.45, 7) is 1.21. The molecule has 1 atom stereocenters. The second-order valence-electron chi connectivity index (χ2n) is 6.08. The van der Waals surface area contributed by atoms with Gasteiger partial charge in [-0.2, -0.15) is 0 Å². The van der Waals surface area contributed by atoms with E-state index in [4.69, 9.17) is 21.4 Å². The minimum Gasteiger partial charge on any atom is -0.484 e. The van der Waals surface area contributed by atoms with Crippen LogP contribution in [-0.2, 0) is 9.59 Å². The summed E-state index contributed by atoms with van der Waals surface area (Å²) in [5.74, 6) is -0.415. The van der Waals surface area contributed by atoms with Gasteiger partial charge in [0.25, 0.3) is 5.91 Å². The summed E-state index contributed by atoms with van der Waals surface area (Å²) in [7, 11) is 0. The smallest absolute Gasteiger partial charge is 0.307 e. The summed E-state index contributed by atoms with van der Waals surface area (Å²) in [5, 5.41) is 9.64. The number of amides is 1. The molecule has 118 valence electrons. The quantitative estimate of drug-likeness (QED) is 0.924. The van der Waals surface area contributed by atoms with E-state index in [2.05, 4.69) is 0 Å². The lowest BCUT2D eigenvalue weighted by atomic mass is 9.91. The van der Waals surface area contributed by atoms with Crippen molar-refractivity contribution in [3.8, 4) is 5.75 Å². The van der Waals surface area contributed by atoms with Gasteiger partial charge < -0.3 is 14.7 Å². The van der Waals surface area contributed by atoms with Gasteiger partial charge in [-0.05, 0) is 42.9 Å². The molecule has 1 N–H and O–H groups in total. The number of hydrogen-bond acceptors (Lipinski definition) is 3. The Morgan fingerprint density at radius 2 is 2.09 bits per heavy atom. The fourth-order valence-electron chi connectivity index (χ4n) is 3.24. The highest BCUT2D eigenvalue weighted by Crippen LogP contribution is 2.59. The summed E-state index contributed by atoms with van der Waals surface area (Å²) in [5.41, 5.74) is -0.0591. The predicted octanol–water partition coefficient (Wildman–Crippen LogP) is 2.43. The molecular formula is C16H18ClNO4. The zero-order valence-electron chi connectivity index (χ0n) is 12.1. The van der Waals surface area contributed by atoms with Crippen molar-refractivity contribution in [2.75, 3.05) is 19.7 Å². The number of likely N-dealkylation sites (tertiary alicyclic amines) is 1. The number of carbonyl (C=O) groups is 2. The van der Waals surface area contributed by atoms with Crippen molar-refractivity contribution in [1.29, 1.82) is 0 Å². The van der Waals surface area contributed by atoms with Crippen molar-refractivity contribution in [3.63, 3.8) is 0 Å². The molecule has 1 saturated carbocycles. The number of benzene rings is 1. The summed E-state index contributed by atoms with van der Waals surface area (Å²) in [6.07, 6.45) is 2.29. The number of nitrogens with zero attached hydrogens (tertiary/aromatic N) is 1. The fourth-order valence-corrected chi connectivity index (χ4v) is 3.42. The summed E-state index contributed by atoms with van der Waals surface area (Å²) >= 11 is 5.86. The van der Waals surface area contributed by atoms with Crippen molar-refractivity contribution in [1.82, 2.24) is 4.90 Å². The molecule has 0 bridgehead atoms. The zero-order chi connectivity index (χ0) is 15.7. The van der Waals surface area contributed by atoms with Crippen LogP contribution >= 0.6 is 11.6 Å². The third kappa shape index (κ3) is 3.04. The van der Waals surface area contributed by atoms with Crippen LogP contribution in [0.3, 0.4) is 0 Å². The molecule has 0 radical (unpaired) electrons. The van der Waals surface area contributed by atoms with Gasteiger partial charge in [0.05, 0.1) is 5.92 Å². The Morgan fingerprint density at radius 1 is 1.36 bits per heavy atom. The molecule has 1 heterocycles. The number of carboxylic acid groups (broad SMARTS) is 1. The predicted molar refractivity (Wildman–Crippen MR) is 80.9 cm³/mol. The Morgan fingerprint density at radius 3 is 2.68 bits per heavy atom. The number of hydrogen-bond donors (Lipinski definition) is 1. The molecule has 22 heavy (non-hydrogen) atoms. The van der Waals surface area contributed by atoms with E-state index < -0.39 is 5.97 Å². The van der Waals surface area contributed by atoms with Gasteiger partial charge in [-0.15, -0.1) is 0 Å². The van der Waals surface area contributed by atoms with Crippen molar-refractivity contribution in [3.05, 3.63) is 29.3 Å². The van der Waals surface area contributed by atoms with Crippen LogP contribution in [0.15, 0.2) is 24.3 Å². The van der Waals surface area contributed by atoms with Crippen molar-refractivity contribution < 1.29 is 19.4 Å². The van der Waals surface area contributed by atoms with Crippen LogP contribution in [0.4, 0.5) is 0 Å². The first-order valence-corrected chi connectivity index (χ1v) is 7.77. The Hall–Kier alpha value is -1.75. The van der Waals surface area contributed by atoms with Gasteiger partial charge >= 0.3 is 5.97 Å². The van der Waals surface area contributed by atoms with Gasteiger partial charge in [0, 0.05) is 18.1 Å². The molecule has 1 aliphatic heterocycles. The highest BCUT2D eigenvalue weighted by atomic mass is 35.5. The van der Waals surface area contributed by atoms with E-state index in [0.717, 1.165) is 19.3 Å². The van der Waals surface area contributed by atoms with Crippen LogP contribution in [0.1, 0.15) is 19.3 Å². The first-order valence-electron chi connectivity index (χ1n) is 7.39. The van der Waals surface area contributed by atoms with Gasteiger partial charge in [0.15, 0.2) is 6.61 Å². The molecule has 5 nitrogen and oxygen atoms in total. The highest BCUT2D eigenvalue weighted by Gasteiger charge is 2.59. The number of piperidine rings is 1. The van der Waals surface area contributed by atoms with E-state index >= 15 is 0 Å². The van der Waals surface area contributed by atoms with Gasteiger partial charge in [-0.3, -0.25) is 9.59 Å². The maximum absolute atomic E-state index is 12.2. The molecule has 1 spiro atoms. The van der Waals surface area contributed by atoms with Crippen LogP contribution in [0.5, 0.6) is 5.75 Å². The molecule has 2 aliphatic rings. The lowest BCUT2D eigenvalue weighted by molar-refractivity contribution is -0.140. The summed E-state index contributed by atoms with van der Waals surface area (Å²) < 4.78 is 5.46. The second-order valence-corrected chi connectivity index (χ2v) is 6.52. The third-order valence-corrected chi connectivity index (χ3v) is 4.99. The first-order chi connectivity index (χ1) is 10.5. The summed E-state index contributed by atoms with van der Waals surface area (Å²) in [4.78, 5) is 24.9. The number of ether oxygens (including phenoxy) is 1. The Kier molecular flexibility index (Phi) is 4.00. The molecule has 1 saturated heterocycles. The standard InChI is InChI=1S/C16H18ClNO4/c17-11-2-1-3-12(8-11)22-10-14(19)18-6-4-16(5-7-18)9-13(16)15(20)21/h1-3,8,13H,4-7,9-10H2,(H,20,21). The SMILES string of the molecule is O=C(O)C1CC12CCN(C(=O)COc1cccc(Cl)c1)CC2. The maximum atomic E-state index is 12.2. The van der Waals surface area contributed by atoms with Gasteiger partial charge in [0.1, 0.15) is 5.75 Å². The molecule has 6 heteroatoms. The molecule has 1 unspecified atom stereocenters. The average molecular weight is 324 g/mol. The maximum Gasteiger partial charge on any atom is 0.307 e. The van der Waals surface area contributed by atoms with Crippen LogP contribution in [-0.4, -0.2) is 41.6 Å². The topological polar surface area (TPSA) is 66.8 Å². The van der Waals surface area contributed by atoms with E-state index in [1.807, 2.05) is 0 Å². The highest BCUT2D eigenvalue weighted by molar-refractivity contribution is 6.30. The van der Waals surface area contributed by atoms with Crippen molar-refractivity contribution in [2.45, 2.75) is 19.3 Å². The number of carboxylic acids is 1. The minimum atomic E-state index is -0.705. The van der Waals surface area contributed by atoms with Gasteiger partial charge in [0.2, 0.25) is 0 Å². The summed E-state index contributed by atoms with van der Waals surface area (Å²) in [6, 6.07) is 6.94. The number of carbonyl (C=O) groups excluding carboxylic acids is 1. The molecule has 1 aromatic carbocycles. The largest absolute Gasteiger partial charge is 0.484 e. The molecule has 3 rings (SSSR count). The third-order valence-electron chi connectivity index (χ3n) is 4.76. The van der Waals surface area contributed by atoms with Gasteiger partial charge in [-0.1, -0.05) is 17.7 Å². The van der Waals surface area contributed by atoms with Crippen molar-refractivity contribution in [2.24, 2.45) is 11.3 Å². The second kappa shape index (κ2) is 5.80. The number of rotatable bonds is 4. The van der Waals surface area contributed by atoms with E-state index in [1.165, 1.54) is 0 Å². The van der Waals surface area contributed by atoms with Crippen LogP contribution < -0.4 is 4.74 Å². The van der Waals surface area contributed by atoms with E-state index in [0.29, 0.717) is 23.9 Å². The number of halogens is 1. The van der Waals surface area contributed by atoms with Crippen LogP contribution in [0.25, 0.3) is 0 Å². The molecular weight excluding hydrogens is 306 g/mol. The zero-order valence-corrected chi connectivity index (χ0v) is 12.9. The van der Waals surface area contributed by atoms with Crippen LogP contribution in [0.2, 0.25) is 5.02 Å². The fraction of sp³-hybridized carbons (Fsp3) is 0.500. The molecule has 1 aliphatic carbocycles. The van der Waals surface area contributed by atoms with Crippen LogP contribution in [0, 0.1) is 11.3 Å². The lowest BCUT2D eigenvalue weighted by Gasteiger charge is -2.32. The lowest BCUT2D eigenvalue weighted by Crippen LogP contribution is -2.42. The molecule has 1 aromatic rings. The van der Waals surface area contributed by atoms with E-state index in [-0.39, 0.29) is 23.8 Å². The monoisotopic (exact) mass is 323 g/mol. The first kappa shape index (κ1) is 15.2. The van der Waals surface area contributed by atoms with Crippen molar-refractivity contribution >= 4 is 23.5 Å². The Bertz CT molecular complexity index is 596.